The number of hydrogen-bond acceptors (Lipinski definition) is 4. The first-order chi connectivity index (χ1) is 13.8. The Labute approximate surface area is 178 Å². The maximum absolute atomic E-state index is 12.1. The van der Waals surface area contributed by atoms with Crippen LogP contribution in [0, 0.1) is 0 Å². The van der Waals surface area contributed by atoms with Gasteiger partial charge in [0.15, 0.2) is 0 Å². The number of hydrogen-bond donors (Lipinski definition) is 1. The van der Waals surface area contributed by atoms with E-state index in [2.05, 4.69) is 38.2 Å². The standard InChI is InChI=1S/C22H33ClN2O4/c1-22(2,3)17-6-8-19(9-7-17)28-15-4-5-20(26)24-18-10-13-25(14-11-18)21(27)29-16-12-23/h6-9,18H,4-5,10-16H2,1-3H3,(H,24,26). The smallest absolute Gasteiger partial charge is 0.409 e. The number of rotatable bonds is 8. The van der Waals surface area contributed by atoms with Gasteiger partial charge in [-0.3, -0.25) is 4.79 Å². The third kappa shape index (κ3) is 8.13. The fraction of sp³-hybridized carbons (Fsp3) is 0.636. The van der Waals surface area contributed by atoms with E-state index in [4.69, 9.17) is 21.1 Å². The number of carbonyl (C=O) groups is 2. The summed E-state index contributed by atoms with van der Waals surface area (Å²) in [5.41, 5.74) is 1.39. The van der Waals surface area contributed by atoms with Crippen LogP contribution in [-0.2, 0) is 14.9 Å². The van der Waals surface area contributed by atoms with Crippen LogP contribution in [0.2, 0.25) is 0 Å². The molecule has 1 aromatic rings. The first-order valence-electron chi connectivity index (χ1n) is 10.3. The summed E-state index contributed by atoms with van der Waals surface area (Å²) in [6.07, 6.45) is 2.23. The summed E-state index contributed by atoms with van der Waals surface area (Å²) in [5, 5.41) is 3.05. The van der Waals surface area contributed by atoms with Gasteiger partial charge in [-0.05, 0) is 42.4 Å². The summed E-state index contributed by atoms with van der Waals surface area (Å²) in [7, 11) is 0. The second kappa shape index (κ2) is 11.3. The molecule has 1 N–H and O–H groups in total. The number of ether oxygens (including phenoxy) is 2. The van der Waals surface area contributed by atoms with E-state index in [9.17, 15) is 9.59 Å². The fourth-order valence-electron chi connectivity index (χ4n) is 3.20. The SMILES string of the molecule is CC(C)(C)c1ccc(OCCCC(=O)NC2CCN(C(=O)OCCCl)CC2)cc1. The minimum atomic E-state index is -0.330. The lowest BCUT2D eigenvalue weighted by molar-refractivity contribution is -0.122. The molecule has 1 aliphatic heterocycles. The van der Waals surface area contributed by atoms with Crippen molar-refractivity contribution in [3.63, 3.8) is 0 Å². The Bertz CT molecular complexity index is 650. The van der Waals surface area contributed by atoms with Crippen molar-refractivity contribution in [2.75, 3.05) is 32.2 Å². The number of benzene rings is 1. The van der Waals surface area contributed by atoms with Crippen molar-refractivity contribution >= 4 is 23.6 Å². The van der Waals surface area contributed by atoms with Crippen molar-refractivity contribution in [3.05, 3.63) is 29.8 Å². The second-order valence-electron chi connectivity index (χ2n) is 8.36. The van der Waals surface area contributed by atoms with Gasteiger partial charge in [0.1, 0.15) is 12.4 Å². The zero-order valence-electron chi connectivity index (χ0n) is 17.7. The first kappa shape index (κ1) is 23.3. The lowest BCUT2D eigenvalue weighted by Gasteiger charge is -2.31. The van der Waals surface area contributed by atoms with Gasteiger partial charge in [-0.25, -0.2) is 4.79 Å². The van der Waals surface area contributed by atoms with Gasteiger partial charge in [0, 0.05) is 25.6 Å². The van der Waals surface area contributed by atoms with Crippen LogP contribution >= 0.6 is 11.6 Å². The highest BCUT2D eigenvalue weighted by Crippen LogP contribution is 2.24. The molecule has 1 aliphatic rings. The topological polar surface area (TPSA) is 67.9 Å². The molecule has 1 aromatic carbocycles. The molecule has 1 saturated heterocycles. The maximum Gasteiger partial charge on any atom is 0.409 e. The Morgan fingerprint density at radius 1 is 1.14 bits per heavy atom. The molecule has 0 atom stereocenters. The molecule has 162 valence electrons. The lowest BCUT2D eigenvalue weighted by atomic mass is 9.87. The van der Waals surface area contributed by atoms with Crippen molar-refractivity contribution in [1.82, 2.24) is 10.2 Å². The molecule has 0 aromatic heterocycles. The zero-order valence-corrected chi connectivity index (χ0v) is 18.5. The number of amides is 2. The summed E-state index contributed by atoms with van der Waals surface area (Å²) < 4.78 is 10.8. The molecular weight excluding hydrogens is 392 g/mol. The summed E-state index contributed by atoms with van der Waals surface area (Å²) in [4.78, 5) is 25.6. The van der Waals surface area contributed by atoms with Crippen molar-refractivity contribution in [3.8, 4) is 5.75 Å². The number of halogens is 1. The predicted molar refractivity (Wildman–Crippen MR) is 115 cm³/mol. The highest BCUT2D eigenvalue weighted by atomic mass is 35.5. The Hall–Kier alpha value is -1.95. The van der Waals surface area contributed by atoms with Gasteiger partial charge in [0.25, 0.3) is 0 Å². The summed E-state index contributed by atoms with van der Waals surface area (Å²) in [6.45, 7) is 8.43. The Kier molecular flexibility index (Phi) is 9.08. The van der Waals surface area contributed by atoms with E-state index >= 15 is 0 Å². The fourth-order valence-corrected chi connectivity index (χ4v) is 3.27. The Balaban J connectivity index is 1.60. The normalized spacial score (nSPS) is 15.1. The molecule has 1 fully saturated rings. The molecule has 0 bridgehead atoms. The van der Waals surface area contributed by atoms with Gasteiger partial charge >= 0.3 is 6.09 Å². The monoisotopic (exact) mass is 424 g/mol. The van der Waals surface area contributed by atoms with E-state index in [-0.39, 0.29) is 30.1 Å². The van der Waals surface area contributed by atoms with Crippen LogP contribution in [0.25, 0.3) is 0 Å². The van der Waals surface area contributed by atoms with Crippen LogP contribution in [-0.4, -0.2) is 55.1 Å². The van der Waals surface area contributed by atoms with E-state index in [0.29, 0.717) is 38.4 Å². The van der Waals surface area contributed by atoms with Gasteiger partial charge < -0.3 is 19.7 Å². The van der Waals surface area contributed by atoms with Crippen LogP contribution in [0.4, 0.5) is 4.79 Å². The van der Waals surface area contributed by atoms with Crippen LogP contribution in [0.5, 0.6) is 5.75 Å². The van der Waals surface area contributed by atoms with Gasteiger partial charge in [0.2, 0.25) is 5.91 Å². The molecule has 29 heavy (non-hydrogen) atoms. The van der Waals surface area contributed by atoms with E-state index < -0.39 is 0 Å². The maximum atomic E-state index is 12.1. The first-order valence-corrected chi connectivity index (χ1v) is 10.8. The van der Waals surface area contributed by atoms with Gasteiger partial charge in [-0.2, -0.15) is 0 Å². The summed E-state index contributed by atoms with van der Waals surface area (Å²) in [5.74, 6) is 1.15. The molecule has 2 amide bonds. The van der Waals surface area contributed by atoms with Gasteiger partial charge in [-0.1, -0.05) is 32.9 Å². The minimum absolute atomic E-state index is 0.0276. The largest absolute Gasteiger partial charge is 0.494 e. The molecule has 6 nitrogen and oxygen atoms in total. The average Bonchev–Trinajstić information content (AvgIpc) is 2.69. The van der Waals surface area contributed by atoms with Crippen molar-refractivity contribution in [1.29, 1.82) is 0 Å². The number of carbonyl (C=O) groups excluding carboxylic acids is 2. The summed E-state index contributed by atoms with van der Waals surface area (Å²) >= 11 is 5.52. The Morgan fingerprint density at radius 3 is 2.38 bits per heavy atom. The third-order valence-corrected chi connectivity index (χ3v) is 5.11. The van der Waals surface area contributed by atoms with Crippen LogP contribution in [0.3, 0.4) is 0 Å². The molecule has 0 saturated carbocycles. The van der Waals surface area contributed by atoms with Crippen LogP contribution < -0.4 is 10.1 Å². The highest BCUT2D eigenvalue weighted by Gasteiger charge is 2.24. The second-order valence-corrected chi connectivity index (χ2v) is 8.74. The van der Waals surface area contributed by atoms with E-state index in [0.717, 1.165) is 18.6 Å². The number of nitrogens with zero attached hydrogens (tertiary/aromatic N) is 1. The van der Waals surface area contributed by atoms with E-state index in [1.54, 1.807) is 4.90 Å². The molecule has 0 aliphatic carbocycles. The highest BCUT2D eigenvalue weighted by molar-refractivity contribution is 6.18. The summed E-state index contributed by atoms with van der Waals surface area (Å²) in [6, 6.07) is 8.23. The molecule has 0 spiro atoms. The van der Waals surface area contributed by atoms with E-state index in [1.807, 2.05) is 12.1 Å². The number of likely N-dealkylation sites (tertiary alicyclic amines) is 1. The molecule has 7 heteroatoms. The molecule has 0 radical (unpaired) electrons. The number of nitrogens with one attached hydrogen (secondary N) is 1. The van der Waals surface area contributed by atoms with Crippen molar-refractivity contribution in [2.24, 2.45) is 0 Å². The van der Waals surface area contributed by atoms with Crippen LogP contribution in [0.15, 0.2) is 24.3 Å². The zero-order chi connectivity index (χ0) is 21.3. The number of alkyl halides is 1. The molecule has 2 rings (SSSR count). The predicted octanol–water partition coefficient (Wildman–Crippen LogP) is 4.10. The van der Waals surface area contributed by atoms with Crippen LogP contribution in [0.1, 0.15) is 52.0 Å². The van der Waals surface area contributed by atoms with Crippen molar-refractivity contribution in [2.45, 2.75) is 57.9 Å². The molecular formula is C22H33ClN2O4. The Morgan fingerprint density at radius 2 is 1.79 bits per heavy atom. The third-order valence-electron chi connectivity index (χ3n) is 4.96. The quantitative estimate of drug-likeness (QED) is 0.504. The number of piperidine rings is 1. The van der Waals surface area contributed by atoms with E-state index in [1.165, 1.54) is 5.56 Å². The minimum Gasteiger partial charge on any atom is -0.494 e. The molecule has 1 heterocycles. The molecule has 0 unspecified atom stereocenters. The van der Waals surface area contributed by atoms with Crippen molar-refractivity contribution < 1.29 is 19.1 Å². The van der Waals surface area contributed by atoms with Gasteiger partial charge in [-0.15, -0.1) is 11.6 Å². The van der Waals surface area contributed by atoms with Gasteiger partial charge in [0.05, 0.1) is 12.5 Å². The lowest BCUT2D eigenvalue weighted by Crippen LogP contribution is -2.46. The average molecular weight is 425 g/mol.